The standard InChI is InChI=1S/C4H3NO3/c6-3-1-2-5(8)4(3)7/h1H,2H2/p+1. The van der Waals surface area contributed by atoms with Gasteiger partial charge >= 0.3 is 5.91 Å². The Labute approximate surface area is 45.0 Å². The van der Waals surface area contributed by atoms with Crippen LogP contribution in [0.25, 0.3) is 0 Å². The van der Waals surface area contributed by atoms with E-state index in [2.05, 4.69) is 0 Å². The molecule has 0 aromatic carbocycles. The number of hydrogen-bond acceptors (Lipinski definition) is 3. The summed E-state index contributed by atoms with van der Waals surface area (Å²) < 4.78 is 0.190. The van der Waals surface area contributed by atoms with Crippen LogP contribution in [0, 0.1) is 4.91 Å². The minimum atomic E-state index is -0.843. The zero-order chi connectivity index (χ0) is 6.15. The fourth-order valence-corrected chi connectivity index (χ4v) is 0.467. The minimum Gasteiger partial charge on any atom is -0.500 e. The monoisotopic (exact) mass is 114 g/mol. The van der Waals surface area contributed by atoms with Crippen molar-refractivity contribution in [1.29, 1.82) is 0 Å². The van der Waals surface area contributed by atoms with Crippen molar-refractivity contribution in [3.63, 3.8) is 0 Å². The molecule has 0 aromatic rings. The number of aliphatic hydroxyl groups is 1. The summed E-state index contributed by atoms with van der Waals surface area (Å²) in [6.07, 6.45) is 1.18. The molecule has 0 fully saturated rings. The van der Waals surface area contributed by atoms with E-state index in [0.29, 0.717) is 0 Å². The number of hydrogen-bond donors (Lipinski definition) is 1. The van der Waals surface area contributed by atoms with E-state index in [-0.39, 0.29) is 11.3 Å². The molecule has 0 unspecified atom stereocenters. The minimum absolute atomic E-state index is 0.0231. The third-order valence-electron chi connectivity index (χ3n) is 0.896. The first-order valence-corrected chi connectivity index (χ1v) is 2.10. The second kappa shape index (κ2) is 1.40. The number of carbonyl (C=O) groups excluding carboxylic acids is 1. The Balaban J connectivity index is 2.89. The van der Waals surface area contributed by atoms with E-state index in [0.717, 1.165) is 0 Å². The molecule has 0 saturated heterocycles. The van der Waals surface area contributed by atoms with Crippen molar-refractivity contribution < 1.29 is 14.7 Å². The smallest absolute Gasteiger partial charge is 0.499 e. The zero-order valence-corrected chi connectivity index (χ0v) is 4.00. The van der Waals surface area contributed by atoms with Crippen molar-refractivity contribution in [2.24, 2.45) is 0 Å². The van der Waals surface area contributed by atoms with Gasteiger partial charge in [0.05, 0.1) is 4.76 Å². The van der Waals surface area contributed by atoms with E-state index < -0.39 is 11.7 Å². The number of carbonyl (C=O) groups is 1. The average Bonchev–Trinajstić information content (AvgIpc) is 1.98. The molecule has 4 heteroatoms. The maximum absolute atomic E-state index is 10.2. The predicted molar refractivity (Wildman–Crippen MR) is 24.2 cm³/mol. The molecule has 1 rings (SSSR count). The van der Waals surface area contributed by atoms with Crippen LogP contribution >= 0.6 is 0 Å². The lowest BCUT2D eigenvalue weighted by atomic mass is 10.5. The van der Waals surface area contributed by atoms with E-state index in [1.165, 1.54) is 6.08 Å². The summed E-state index contributed by atoms with van der Waals surface area (Å²) in [6, 6.07) is 0. The van der Waals surface area contributed by atoms with Gasteiger partial charge in [0.1, 0.15) is 0 Å². The molecule has 4 nitrogen and oxygen atoms in total. The van der Waals surface area contributed by atoms with Gasteiger partial charge in [0, 0.05) is 11.0 Å². The molecule has 1 aliphatic rings. The Hall–Kier alpha value is -1.19. The third-order valence-corrected chi connectivity index (χ3v) is 0.896. The summed E-state index contributed by atoms with van der Waals surface area (Å²) in [5, 5.41) is 8.44. The SMILES string of the molecule is O=C1C(O)=CC[N+]1=O. The van der Waals surface area contributed by atoms with Gasteiger partial charge in [0.2, 0.25) is 12.3 Å². The highest BCUT2D eigenvalue weighted by Gasteiger charge is 2.32. The van der Waals surface area contributed by atoms with Crippen molar-refractivity contribution in [3.8, 4) is 0 Å². The number of aliphatic hydroxyl groups excluding tert-OH is 1. The van der Waals surface area contributed by atoms with Crippen LogP contribution in [0.5, 0.6) is 0 Å². The molecular formula is C4H4NO3+. The lowest BCUT2D eigenvalue weighted by molar-refractivity contribution is -0.449. The Kier molecular flexibility index (Phi) is 0.865. The van der Waals surface area contributed by atoms with E-state index >= 15 is 0 Å². The first-order valence-electron chi connectivity index (χ1n) is 2.10. The largest absolute Gasteiger partial charge is 0.500 e. The van der Waals surface area contributed by atoms with Gasteiger partial charge in [-0.25, -0.2) is 4.79 Å². The van der Waals surface area contributed by atoms with Crippen molar-refractivity contribution in [2.45, 2.75) is 0 Å². The van der Waals surface area contributed by atoms with Crippen LogP contribution in [0.1, 0.15) is 0 Å². The molecule has 1 aliphatic heterocycles. The van der Waals surface area contributed by atoms with Crippen LogP contribution in [0.15, 0.2) is 11.8 Å². The molecule has 8 heavy (non-hydrogen) atoms. The number of nitroso groups, excluding NO2 is 1. The predicted octanol–water partition coefficient (Wildman–Crippen LogP) is -0.253. The summed E-state index contributed by atoms with van der Waals surface area (Å²) in [4.78, 5) is 20.3. The summed E-state index contributed by atoms with van der Waals surface area (Å²) >= 11 is 0. The molecule has 1 amide bonds. The molecule has 0 radical (unpaired) electrons. The number of rotatable bonds is 0. The molecule has 0 aromatic heterocycles. The van der Waals surface area contributed by atoms with Gasteiger partial charge in [-0.15, -0.1) is 0 Å². The molecule has 42 valence electrons. The van der Waals surface area contributed by atoms with Crippen molar-refractivity contribution in [1.82, 2.24) is 0 Å². The number of amides is 1. The molecule has 0 bridgehead atoms. The highest BCUT2D eigenvalue weighted by Crippen LogP contribution is 1.99. The van der Waals surface area contributed by atoms with Gasteiger partial charge in [0.15, 0.2) is 0 Å². The molecule has 0 aliphatic carbocycles. The van der Waals surface area contributed by atoms with Crippen LogP contribution in [0.3, 0.4) is 0 Å². The van der Waals surface area contributed by atoms with Gasteiger partial charge in [-0.2, -0.15) is 0 Å². The molecule has 1 heterocycles. The van der Waals surface area contributed by atoms with E-state index in [1.807, 2.05) is 0 Å². The second-order valence-electron chi connectivity index (χ2n) is 1.46. The Morgan fingerprint density at radius 2 is 2.38 bits per heavy atom. The van der Waals surface area contributed by atoms with Crippen molar-refractivity contribution in [3.05, 3.63) is 16.7 Å². The van der Waals surface area contributed by atoms with Gasteiger partial charge in [-0.1, -0.05) is 0 Å². The molecular weight excluding hydrogens is 110 g/mol. The van der Waals surface area contributed by atoms with Crippen LogP contribution < -0.4 is 0 Å². The Morgan fingerprint density at radius 3 is 2.50 bits per heavy atom. The first kappa shape index (κ1) is 4.96. The summed E-state index contributed by atoms with van der Waals surface area (Å²) in [6.45, 7) is -0.0231. The van der Waals surface area contributed by atoms with Gasteiger partial charge in [0.25, 0.3) is 0 Å². The summed E-state index contributed by atoms with van der Waals surface area (Å²) in [7, 11) is 0. The van der Waals surface area contributed by atoms with Crippen molar-refractivity contribution in [2.75, 3.05) is 6.54 Å². The lowest BCUT2D eigenvalue weighted by Gasteiger charge is -1.72. The van der Waals surface area contributed by atoms with Gasteiger partial charge in [-0.05, 0) is 0 Å². The van der Waals surface area contributed by atoms with Crippen molar-refractivity contribution >= 4 is 5.91 Å². The Bertz CT molecular complexity index is 182. The fraction of sp³-hybridized carbons (Fsp3) is 0.250. The Morgan fingerprint density at radius 1 is 1.75 bits per heavy atom. The van der Waals surface area contributed by atoms with Crippen LogP contribution in [0.2, 0.25) is 0 Å². The van der Waals surface area contributed by atoms with Crippen LogP contribution in [0.4, 0.5) is 0 Å². The van der Waals surface area contributed by atoms with E-state index in [4.69, 9.17) is 5.11 Å². The van der Waals surface area contributed by atoms with Gasteiger partial charge in [-0.3, -0.25) is 0 Å². The normalized spacial score (nSPS) is 19.2. The molecule has 0 atom stereocenters. The molecule has 1 N–H and O–H groups in total. The van der Waals surface area contributed by atoms with E-state index in [1.54, 1.807) is 0 Å². The lowest BCUT2D eigenvalue weighted by Crippen LogP contribution is -2.11. The topological polar surface area (TPSA) is 57.4 Å². The number of nitrogens with zero attached hydrogens (tertiary/aromatic N) is 1. The summed E-state index contributed by atoms with van der Waals surface area (Å²) in [5.41, 5.74) is 0. The highest BCUT2D eigenvalue weighted by molar-refractivity contribution is 5.85. The fourth-order valence-electron chi connectivity index (χ4n) is 0.467. The molecule has 0 spiro atoms. The van der Waals surface area contributed by atoms with Crippen LogP contribution in [-0.4, -0.2) is 22.3 Å². The maximum Gasteiger partial charge on any atom is 0.499 e. The van der Waals surface area contributed by atoms with Gasteiger partial charge < -0.3 is 5.11 Å². The highest BCUT2D eigenvalue weighted by atomic mass is 16.3. The second-order valence-corrected chi connectivity index (χ2v) is 1.46. The first-order chi connectivity index (χ1) is 3.72. The maximum atomic E-state index is 10.2. The van der Waals surface area contributed by atoms with E-state index in [9.17, 15) is 9.70 Å². The quantitative estimate of drug-likeness (QED) is 0.441. The molecule has 0 saturated carbocycles. The zero-order valence-electron chi connectivity index (χ0n) is 4.00. The average molecular weight is 114 g/mol. The van der Waals surface area contributed by atoms with Crippen LogP contribution in [-0.2, 0) is 4.79 Å². The third kappa shape index (κ3) is 0.501. The summed E-state index contributed by atoms with van der Waals surface area (Å²) in [5.74, 6) is -1.29.